The van der Waals surface area contributed by atoms with E-state index >= 15 is 0 Å². The highest BCUT2D eigenvalue weighted by Gasteiger charge is 2.35. The molecule has 0 heterocycles. The van der Waals surface area contributed by atoms with E-state index in [4.69, 9.17) is 0 Å². The van der Waals surface area contributed by atoms with Crippen LogP contribution in [0.4, 0.5) is 17.1 Å². The monoisotopic (exact) mass is 639 g/mol. The number of benzene rings is 8. The van der Waals surface area contributed by atoms with Crippen molar-refractivity contribution in [3.8, 4) is 44.5 Å². The van der Waals surface area contributed by atoms with Gasteiger partial charge in [-0.2, -0.15) is 0 Å². The van der Waals surface area contributed by atoms with Crippen LogP contribution in [-0.4, -0.2) is 0 Å². The largest absolute Gasteiger partial charge is 0.310 e. The first-order valence-electron chi connectivity index (χ1n) is 17.4. The minimum absolute atomic E-state index is 0.0822. The highest BCUT2D eigenvalue weighted by Crippen LogP contribution is 2.50. The Morgan fingerprint density at radius 3 is 1.52 bits per heavy atom. The van der Waals surface area contributed by atoms with E-state index in [0.29, 0.717) is 0 Å². The molecule has 0 spiro atoms. The molecule has 1 aliphatic carbocycles. The molecule has 0 atom stereocenters. The van der Waals surface area contributed by atoms with Crippen molar-refractivity contribution in [3.63, 3.8) is 0 Å². The molecule has 8 aromatic rings. The van der Waals surface area contributed by atoms with E-state index < -0.39 is 0 Å². The highest BCUT2D eigenvalue weighted by molar-refractivity contribution is 5.89. The van der Waals surface area contributed by atoms with Gasteiger partial charge in [0.15, 0.2) is 0 Å². The molecule has 8 aromatic carbocycles. The van der Waals surface area contributed by atoms with Gasteiger partial charge in [-0.05, 0) is 115 Å². The predicted octanol–water partition coefficient (Wildman–Crippen LogP) is 13.6. The first kappa shape index (κ1) is 29.9. The average molecular weight is 640 g/mol. The van der Waals surface area contributed by atoms with Gasteiger partial charge in [0.1, 0.15) is 0 Å². The molecule has 238 valence electrons. The molecule has 0 radical (unpaired) electrons. The van der Waals surface area contributed by atoms with Crippen LogP contribution in [0.1, 0.15) is 25.0 Å². The Hall–Kier alpha value is -6.18. The molecule has 50 heavy (non-hydrogen) atoms. The van der Waals surface area contributed by atoms with Gasteiger partial charge in [-0.1, -0.05) is 153 Å². The second-order valence-electron chi connectivity index (χ2n) is 13.8. The standard InChI is InChI=1S/C49H37N/c1-49(2)47-18-9-8-17-45(47)46-30-29-44(33-48(46)49)50(43-27-23-37(24-28-43)41-20-19-35-13-6-7-14-38(35)32-41)42-25-21-36(22-26-42)40-16-10-15-39(31-40)34-11-4-3-5-12-34/h3-33H,1-2H3. The Morgan fingerprint density at radius 2 is 0.820 bits per heavy atom. The van der Waals surface area contributed by atoms with Crippen molar-refractivity contribution in [2.45, 2.75) is 19.3 Å². The second-order valence-corrected chi connectivity index (χ2v) is 13.8. The van der Waals surface area contributed by atoms with Crippen LogP contribution in [0.2, 0.25) is 0 Å². The van der Waals surface area contributed by atoms with E-state index in [9.17, 15) is 0 Å². The van der Waals surface area contributed by atoms with E-state index in [1.54, 1.807) is 0 Å². The summed E-state index contributed by atoms with van der Waals surface area (Å²) in [5, 5.41) is 2.52. The zero-order chi connectivity index (χ0) is 33.7. The van der Waals surface area contributed by atoms with Crippen molar-refractivity contribution >= 4 is 27.8 Å². The Morgan fingerprint density at radius 1 is 0.320 bits per heavy atom. The highest BCUT2D eigenvalue weighted by atomic mass is 15.1. The summed E-state index contributed by atoms with van der Waals surface area (Å²) in [4.78, 5) is 2.40. The molecular weight excluding hydrogens is 603 g/mol. The van der Waals surface area contributed by atoms with Gasteiger partial charge in [0, 0.05) is 22.5 Å². The van der Waals surface area contributed by atoms with Gasteiger partial charge in [-0.25, -0.2) is 0 Å². The lowest BCUT2D eigenvalue weighted by atomic mass is 9.82. The quantitative estimate of drug-likeness (QED) is 0.175. The maximum Gasteiger partial charge on any atom is 0.0465 e. The first-order chi connectivity index (χ1) is 24.5. The lowest BCUT2D eigenvalue weighted by molar-refractivity contribution is 0.660. The smallest absolute Gasteiger partial charge is 0.0465 e. The van der Waals surface area contributed by atoms with Crippen molar-refractivity contribution in [1.29, 1.82) is 0 Å². The number of nitrogens with zero attached hydrogens (tertiary/aromatic N) is 1. The summed E-state index contributed by atoms with van der Waals surface area (Å²) < 4.78 is 0. The predicted molar refractivity (Wildman–Crippen MR) is 213 cm³/mol. The summed E-state index contributed by atoms with van der Waals surface area (Å²) >= 11 is 0. The molecule has 0 saturated heterocycles. The molecule has 0 fully saturated rings. The van der Waals surface area contributed by atoms with Gasteiger partial charge in [-0.3, -0.25) is 0 Å². The normalized spacial score (nSPS) is 12.8. The van der Waals surface area contributed by atoms with Gasteiger partial charge >= 0.3 is 0 Å². The molecule has 9 rings (SSSR count). The number of hydrogen-bond donors (Lipinski definition) is 0. The zero-order valence-electron chi connectivity index (χ0n) is 28.3. The van der Waals surface area contributed by atoms with Crippen LogP contribution in [-0.2, 0) is 5.41 Å². The van der Waals surface area contributed by atoms with Gasteiger partial charge < -0.3 is 4.90 Å². The summed E-state index contributed by atoms with van der Waals surface area (Å²) in [6.07, 6.45) is 0. The molecule has 0 aromatic heterocycles. The molecular formula is C49H37N. The Bertz CT molecular complexity index is 2490. The van der Waals surface area contributed by atoms with Crippen LogP contribution in [0, 0.1) is 0 Å². The summed E-state index contributed by atoms with van der Waals surface area (Å²) in [6, 6.07) is 68.6. The maximum atomic E-state index is 2.41. The van der Waals surface area contributed by atoms with Gasteiger partial charge in [0.25, 0.3) is 0 Å². The summed E-state index contributed by atoms with van der Waals surface area (Å²) in [5.74, 6) is 0. The summed E-state index contributed by atoms with van der Waals surface area (Å²) in [6.45, 7) is 4.70. The Labute approximate surface area is 294 Å². The number of hydrogen-bond acceptors (Lipinski definition) is 1. The lowest BCUT2D eigenvalue weighted by Crippen LogP contribution is -2.16. The zero-order valence-corrected chi connectivity index (χ0v) is 28.3. The number of anilines is 3. The third-order valence-electron chi connectivity index (χ3n) is 10.5. The Kier molecular flexibility index (Phi) is 7.21. The maximum absolute atomic E-state index is 2.41. The minimum atomic E-state index is -0.0822. The van der Waals surface area contributed by atoms with Crippen molar-refractivity contribution < 1.29 is 0 Å². The van der Waals surface area contributed by atoms with Crippen LogP contribution < -0.4 is 4.90 Å². The number of fused-ring (bicyclic) bond motifs is 4. The van der Waals surface area contributed by atoms with Gasteiger partial charge in [-0.15, -0.1) is 0 Å². The molecule has 1 nitrogen and oxygen atoms in total. The molecule has 0 aliphatic heterocycles. The van der Waals surface area contributed by atoms with E-state index in [1.807, 2.05) is 0 Å². The Balaban J connectivity index is 1.12. The van der Waals surface area contributed by atoms with E-state index in [2.05, 4.69) is 207 Å². The molecule has 0 bridgehead atoms. The van der Waals surface area contributed by atoms with Crippen molar-refractivity contribution in [2.24, 2.45) is 0 Å². The van der Waals surface area contributed by atoms with Crippen LogP contribution in [0.5, 0.6) is 0 Å². The van der Waals surface area contributed by atoms with Crippen molar-refractivity contribution in [3.05, 3.63) is 199 Å². The SMILES string of the molecule is CC1(C)c2ccccc2-c2ccc(N(c3ccc(-c4cccc(-c5ccccc5)c4)cc3)c3ccc(-c4ccc5ccccc5c4)cc3)cc21. The minimum Gasteiger partial charge on any atom is -0.310 e. The van der Waals surface area contributed by atoms with Gasteiger partial charge in [0.2, 0.25) is 0 Å². The third-order valence-corrected chi connectivity index (χ3v) is 10.5. The summed E-state index contributed by atoms with van der Waals surface area (Å²) in [7, 11) is 0. The molecule has 0 amide bonds. The lowest BCUT2D eigenvalue weighted by Gasteiger charge is -2.28. The molecule has 0 N–H and O–H groups in total. The summed E-state index contributed by atoms with van der Waals surface area (Å²) in [5.41, 5.74) is 16.0. The van der Waals surface area contributed by atoms with Crippen molar-refractivity contribution in [1.82, 2.24) is 0 Å². The molecule has 0 saturated carbocycles. The molecule has 0 unspecified atom stereocenters. The van der Waals surface area contributed by atoms with Crippen LogP contribution in [0.25, 0.3) is 55.3 Å². The topological polar surface area (TPSA) is 3.24 Å². The third kappa shape index (κ3) is 5.19. The van der Waals surface area contributed by atoms with Crippen molar-refractivity contribution in [2.75, 3.05) is 4.90 Å². The van der Waals surface area contributed by atoms with Crippen LogP contribution in [0.3, 0.4) is 0 Å². The van der Waals surface area contributed by atoms with E-state index in [-0.39, 0.29) is 5.41 Å². The average Bonchev–Trinajstić information content (AvgIpc) is 3.41. The first-order valence-corrected chi connectivity index (χ1v) is 17.4. The molecule has 1 aliphatic rings. The van der Waals surface area contributed by atoms with E-state index in [1.165, 1.54) is 66.4 Å². The number of rotatable bonds is 6. The van der Waals surface area contributed by atoms with Crippen LogP contribution in [0.15, 0.2) is 188 Å². The molecule has 1 heteroatoms. The fraction of sp³-hybridized carbons (Fsp3) is 0.0612. The van der Waals surface area contributed by atoms with Gasteiger partial charge in [0.05, 0.1) is 0 Å². The van der Waals surface area contributed by atoms with E-state index in [0.717, 1.165) is 17.1 Å². The van der Waals surface area contributed by atoms with Crippen LogP contribution >= 0.6 is 0 Å². The fourth-order valence-corrected chi connectivity index (χ4v) is 7.76. The fourth-order valence-electron chi connectivity index (χ4n) is 7.76. The second kappa shape index (κ2) is 12.1.